The minimum absolute atomic E-state index is 0.00988. The van der Waals surface area contributed by atoms with Crippen LogP contribution in [0.25, 0.3) is 10.9 Å². The molecule has 4 rings (SSSR count). The van der Waals surface area contributed by atoms with E-state index >= 15 is 0 Å². The number of aromatic nitrogens is 2. The molecule has 130 valence electrons. The molecule has 1 aromatic carbocycles. The van der Waals surface area contributed by atoms with Crippen molar-refractivity contribution in [1.82, 2.24) is 20.0 Å². The number of piperazine rings is 1. The Labute approximate surface area is 155 Å². The Balaban J connectivity index is 1.43. The summed E-state index contributed by atoms with van der Waals surface area (Å²) in [5, 5.41) is 8.12. The van der Waals surface area contributed by atoms with E-state index in [1.54, 1.807) is 11.3 Å². The molecule has 3 heterocycles. The number of halogens is 1. The number of thiophene rings is 1. The molecular weight excluding hydrogens is 356 g/mol. The van der Waals surface area contributed by atoms with E-state index in [1.165, 1.54) is 4.88 Å². The van der Waals surface area contributed by atoms with Crippen molar-refractivity contribution in [3.8, 4) is 0 Å². The highest BCUT2D eigenvalue weighted by molar-refractivity contribution is 7.16. The molecule has 1 saturated heterocycles. The van der Waals surface area contributed by atoms with Gasteiger partial charge in [-0.05, 0) is 31.2 Å². The maximum Gasteiger partial charge on any atom is 0.275 e. The fraction of sp³-hybridized carbons (Fsp3) is 0.333. The van der Waals surface area contributed by atoms with Crippen molar-refractivity contribution in [2.45, 2.75) is 13.5 Å². The second kappa shape index (κ2) is 6.78. The number of H-pyrrole nitrogens is 1. The van der Waals surface area contributed by atoms with Gasteiger partial charge in [-0.1, -0.05) is 23.2 Å². The summed E-state index contributed by atoms with van der Waals surface area (Å²) in [7, 11) is 0. The van der Waals surface area contributed by atoms with Gasteiger partial charge in [-0.3, -0.25) is 14.8 Å². The number of fused-ring (bicyclic) bond motifs is 1. The number of benzene rings is 1. The number of carbonyl (C=O) groups excluding carboxylic acids is 1. The van der Waals surface area contributed by atoms with Gasteiger partial charge in [-0.2, -0.15) is 5.10 Å². The molecule has 0 unspecified atom stereocenters. The molecular formula is C18H19ClN4OS. The van der Waals surface area contributed by atoms with Gasteiger partial charge in [0.05, 0.1) is 9.85 Å². The molecule has 0 bridgehead atoms. The normalized spacial score (nSPS) is 15.8. The predicted molar refractivity (Wildman–Crippen MR) is 101 cm³/mol. The number of nitrogens with one attached hydrogen (secondary N) is 1. The Morgan fingerprint density at radius 2 is 2.04 bits per heavy atom. The predicted octanol–water partition coefficient (Wildman–Crippen LogP) is 3.54. The van der Waals surface area contributed by atoms with Crippen LogP contribution in [0.2, 0.25) is 4.34 Å². The summed E-state index contributed by atoms with van der Waals surface area (Å²) in [4.78, 5) is 18.4. The fourth-order valence-corrected chi connectivity index (χ4v) is 4.34. The van der Waals surface area contributed by atoms with Crippen LogP contribution in [-0.2, 0) is 6.54 Å². The molecule has 3 aromatic rings. The number of hydrogen-bond donors (Lipinski definition) is 1. The molecule has 1 aliphatic heterocycles. The van der Waals surface area contributed by atoms with Gasteiger partial charge in [0.25, 0.3) is 5.91 Å². The van der Waals surface area contributed by atoms with Gasteiger partial charge < -0.3 is 4.90 Å². The molecule has 2 aromatic heterocycles. The van der Waals surface area contributed by atoms with Crippen LogP contribution in [0.4, 0.5) is 0 Å². The molecule has 1 N–H and O–H groups in total. The van der Waals surface area contributed by atoms with Crippen molar-refractivity contribution >= 4 is 39.7 Å². The van der Waals surface area contributed by atoms with Gasteiger partial charge >= 0.3 is 0 Å². The quantitative estimate of drug-likeness (QED) is 0.762. The number of amides is 1. The third-order valence-electron chi connectivity index (χ3n) is 4.59. The topological polar surface area (TPSA) is 52.2 Å². The molecule has 0 radical (unpaired) electrons. The number of rotatable bonds is 3. The Hall–Kier alpha value is -1.89. The summed E-state index contributed by atoms with van der Waals surface area (Å²) in [5.41, 5.74) is 2.56. The molecule has 25 heavy (non-hydrogen) atoms. The van der Waals surface area contributed by atoms with E-state index in [9.17, 15) is 4.79 Å². The number of nitrogens with zero attached hydrogens (tertiary/aromatic N) is 3. The highest BCUT2D eigenvalue weighted by Gasteiger charge is 2.25. The summed E-state index contributed by atoms with van der Waals surface area (Å²) in [5.74, 6) is 0.00988. The van der Waals surface area contributed by atoms with E-state index in [-0.39, 0.29) is 5.91 Å². The third-order valence-corrected chi connectivity index (χ3v) is 5.80. The average molecular weight is 375 g/mol. The number of aryl methyl sites for hydroxylation is 1. The minimum atomic E-state index is 0.00988. The van der Waals surface area contributed by atoms with Crippen LogP contribution in [0.15, 0.2) is 30.3 Å². The first-order valence-electron chi connectivity index (χ1n) is 8.31. The monoisotopic (exact) mass is 374 g/mol. The summed E-state index contributed by atoms with van der Waals surface area (Å²) in [6.07, 6.45) is 0. The van der Waals surface area contributed by atoms with Crippen molar-refractivity contribution in [2.24, 2.45) is 0 Å². The van der Waals surface area contributed by atoms with Crippen molar-refractivity contribution < 1.29 is 4.79 Å². The molecule has 0 atom stereocenters. The van der Waals surface area contributed by atoms with Crippen molar-refractivity contribution in [2.75, 3.05) is 26.2 Å². The van der Waals surface area contributed by atoms with Gasteiger partial charge in [0.1, 0.15) is 0 Å². The molecule has 0 aliphatic carbocycles. The highest BCUT2D eigenvalue weighted by atomic mass is 35.5. The standard InChI is InChI=1S/C18H19ClN4OS/c1-12-2-4-15-14(10-12)17(21-20-15)18(24)23-8-6-22(7-9-23)11-13-3-5-16(19)25-13/h2-5,10H,6-9,11H2,1H3,(H,20,21). The summed E-state index contributed by atoms with van der Waals surface area (Å²) >= 11 is 7.61. The number of aromatic amines is 1. The van der Waals surface area contributed by atoms with Crippen LogP contribution in [0.3, 0.4) is 0 Å². The number of carbonyl (C=O) groups is 1. The van der Waals surface area contributed by atoms with Gasteiger partial charge in [0.2, 0.25) is 0 Å². The lowest BCUT2D eigenvalue weighted by molar-refractivity contribution is 0.0625. The summed E-state index contributed by atoms with van der Waals surface area (Å²) < 4.78 is 0.824. The van der Waals surface area contributed by atoms with Crippen molar-refractivity contribution in [1.29, 1.82) is 0 Å². The third kappa shape index (κ3) is 3.42. The smallest absolute Gasteiger partial charge is 0.275 e. The second-order valence-electron chi connectivity index (χ2n) is 6.40. The zero-order valence-electron chi connectivity index (χ0n) is 14.0. The SMILES string of the molecule is Cc1ccc2[nH]nc(C(=O)N3CCN(Cc4ccc(Cl)s4)CC3)c2c1. The first-order valence-corrected chi connectivity index (χ1v) is 9.50. The molecule has 1 fully saturated rings. The van der Waals surface area contributed by atoms with E-state index in [0.29, 0.717) is 5.69 Å². The van der Waals surface area contributed by atoms with Crippen LogP contribution in [0, 0.1) is 6.92 Å². The van der Waals surface area contributed by atoms with Crippen LogP contribution in [-0.4, -0.2) is 52.1 Å². The van der Waals surface area contributed by atoms with Gasteiger partial charge in [0, 0.05) is 43.0 Å². The lowest BCUT2D eigenvalue weighted by Crippen LogP contribution is -2.48. The van der Waals surface area contributed by atoms with Crippen LogP contribution in [0.5, 0.6) is 0 Å². The molecule has 1 amide bonds. The van der Waals surface area contributed by atoms with E-state index < -0.39 is 0 Å². The minimum Gasteiger partial charge on any atom is -0.335 e. The molecule has 0 spiro atoms. The summed E-state index contributed by atoms with van der Waals surface area (Å²) in [6.45, 7) is 6.09. The van der Waals surface area contributed by atoms with Gasteiger partial charge in [-0.15, -0.1) is 11.3 Å². The molecule has 0 saturated carbocycles. The Bertz CT molecular complexity index is 911. The number of hydrogen-bond acceptors (Lipinski definition) is 4. The molecule has 1 aliphatic rings. The van der Waals surface area contributed by atoms with E-state index in [0.717, 1.165) is 53.5 Å². The first kappa shape index (κ1) is 16.6. The Kier molecular flexibility index (Phi) is 4.50. The lowest BCUT2D eigenvalue weighted by atomic mass is 10.1. The van der Waals surface area contributed by atoms with E-state index in [4.69, 9.17) is 11.6 Å². The van der Waals surface area contributed by atoms with Crippen molar-refractivity contribution in [3.63, 3.8) is 0 Å². The second-order valence-corrected chi connectivity index (χ2v) is 8.20. The zero-order valence-corrected chi connectivity index (χ0v) is 15.5. The fourth-order valence-electron chi connectivity index (χ4n) is 3.21. The maximum absolute atomic E-state index is 12.9. The molecule has 5 nitrogen and oxygen atoms in total. The average Bonchev–Trinajstić information content (AvgIpc) is 3.20. The zero-order chi connectivity index (χ0) is 17.4. The maximum atomic E-state index is 12.9. The van der Waals surface area contributed by atoms with Crippen LogP contribution >= 0.6 is 22.9 Å². The van der Waals surface area contributed by atoms with E-state index in [2.05, 4.69) is 21.2 Å². The Morgan fingerprint density at radius 1 is 1.24 bits per heavy atom. The van der Waals surface area contributed by atoms with Gasteiger partial charge in [0.15, 0.2) is 5.69 Å². The molecule has 7 heteroatoms. The van der Waals surface area contributed by atoms with Crippen LogP contribution < -0.4 is 0 Å². The van der Waals surface area contributed by atoms with Crippen LogP contribution in [0.1, 0.15) is 20.9 Å². The first-order chi connectivity index (χ1) is 12.1. The van der Waals surface area contributed by atoms with Crippen molar-refractivity contribution in [3.05, 3.63) is 50.8 Å². The lowest BCUT2D eigenvalue weighted by Gasteiger charge is -2.34. The highest BCUT2D eigenvalue weighted by Crippen LogP contribution is 2.24. The summed E-state index contributed by atoms with van der Waals surface area (Å²) in [6, 6.07) is 10.0. The van der Waals surface area contributed by atoms with E-state index in [1.807, 2.05) is 36.1 Å². The Morgan fingerprint density at radius 3 is 2.76 bits per heavy atom. The van der Waals surface area contributed by atoms with Gasteiger partial charge in [-0.25, -0.2) is 0 Å². The largest absolute Gasteiger partial charge is 0.335 e.